The van der Waals surface area contributed by atoms with Gasteiger partial charge in [-0.15, -0.1) is 0 Å². The molecule has 4 aromatic rings. The van der Waals surface area contributed by atoms with Crippen LogP contribution in [-0.4, -0.2) is 24.4 Å². The summed E-state index contributed by atoms with van der Waals surface area (Å²) in [5.74, 6) is 0. The number of aromatic nitrogens is 2. The molecular weight excluding hydrogens is 396 g/mol. The van der Waals surface area contributed by atoms with Gasteiger partial charge in [0.2, 0.25) is 0 Å². The van der Waals surface area contributed by atoms with Crippen LogP contribution in [-0.2, 0) is 10.0 Å². The van der Waals surface area contributed by atoms with Crippen LogP contribution >= 0.6 is 0 Å². The second kappa shape index (κ2) is 8.34. The van der Waals surface area contributed by atoms with Crippen molar-refractivity contribution in [2.75, 3.05) is 0 Å². The van der Waals surface area contributed by atoms with Crippen LogP contribution in [0.1, 0.15) is 11.1 Å². The van der Waals surface area contributed by atoms with Gasteiger partial charge in [0.25, 0.3) is 10.0 Å². The highest BCUT2D eigenvalue weighted by atomic mass is 32.2. The number of nitrogens with zero attached hydrogens (tertiary/aromatic N) is 3. The summed E-state index contributed by atoms with van der Waals surface area (Å²) in [6, 6.07) is 26.0. The topological polar surface area (TPSA) is 76.3 Å². The average Bonchev–Trinajstić information content (AvgIpc) is 3.19. The Bertz CT molecular complexity index is 1260. The molecule has 0 radical (unpaired) electrons. The lowest BCUT2D eigenvalue weighted by Crippen LogP contribution is -2.18. The largest absolute Gasteiger partial charge is 0.276 e. The first-order valence-corrected chi connectivity index (χ1v) is 10.8. The number of para-hydroxylation sites is 1. The van der Waals surface area contributed by atoms with Crippen molar-refractivity contribution in [3.05, 3.63) is 102 Å². The van der Waals surface area contributed by atoms with Crippen LogP contribution in [0.25, 0.3) is 16.9 Å². The first-order chi connectivity index (χ1) is 14.5. The van der Waals surface area contributed by atoms with E-state index in [9.17, 15) is 8.42 Å². The molecule has 0 spiro atoms. The Morgan fingerprint density at radius 3 is 2.20 bits per heavy atom. The third-order valence-electron chi connectivity index (χ3n) is 4.52. The normalized spacial score (nSPS) is 11.6. The number of hydrazone groups is 1. The number of nitrogens with one attached hydrogen (secondary N) is 1. The van der Waals surface area contributed by atoms with E-state index < -0.39 is 10.0 Å². The molecule has 1 N–H and O–H groups in total. The molecule has 4 rings (SSSR count). The van der Waals surface area contributed by atoms with Crippen LogP contribution in [0, 0.1) is 6.92 Å². The Morgan fingerprint density at radius 2 is 1.53 bits per heavy atom. The average molecular weight is 417 g/mol. The maximum Gasteiger partial charge on any atom is 0.276 e. The minimum atomic E-state index is -3.75. The van der Waals surface area contributed by atoms with Crippen molar-refractivity contribution in [2.24, 2.45) is 5.10 Å². The summed E-state index contributed by atoms with van der Waals surface area (Å²) in [6.45, 7) is 1.90. The molecular formula is C23H20N4O2S. The first-order valence-electron chi connectivity index (χ1n) is 9.35. The van der Waals surface area contributed by atoms with Gasteiger partial charge in [-0.3, -0.25) is 0 Å². The van der Waals surface area contributed by atoms with E-state index in [0.29, 0.717) is 11.3 Å². The van der Waals surface area contributed by atoms with Gasteiger partial charge in [0.15, 0.2) is 0 Å². The van der Waals surface area contributed by atoms with Crippen LogP contribution < -0.4 is 4.83 Å². The molecule has 0 fully saturated rings. The minimum absolute atomic E-state index is 0.161. The van der Waals surface area contributed by atoms with Crippen molar-refractivity contribution in [3.8, 4) is 16.9 Å². The number of benzene rings is 3. The summed E-state index contributed by atoms with van der Waals surface area (Å²) in [4.78, 5) is 2.44. The summed E-state index contributed by atoms with van der Waals surface area (Å²) < 4.78 is 26.7. The highest BCUT2D eigenvalue weighted by Gasteiger charge is 2.13. The molecule has 0 aliphatic carbocycles. The molecule has 30 heavy (non-hydrogen) atoms. The fourth-order valence-electron chi connectivity index (χ4n) is 2.95. The van der Waals surface area contributed by atoms with Gasteiger partial charge >= 0.3 is 0 Å². The van der Waals surface area contributed by atoms with E-state index in [1.54, 1.807) is 28.9 Å². The predicted octanol–water partition coefficient (Wildman–Crippen LogP) is 4.16. The fourth-order valence-corrected chi connectivity index (χ4v) is 3.74. The molecule has 1 aromatic heterocycles. The monoisotopic (exact) mass is 416 g/mol. The summed E-state index contributed by atoms with van der Waals surface area (Å²) in [5.41, 5.74) is 4.19. The lowest BCUT2D eigenvalue weighted by Gasteiger charge is -2.03. The number of aryl methyl sites for hydroxylation is 1. The van der Waals surface area contributed by atoms with E-state index in [0.717, 1.165) is 16.8 Å². The SMILES string of the molecule is Cc1ccc(S(=O)(=O)N/N=C\c2cn(-c3ccccc3)nc2-c2ccccc2)cc1. The zero-order chi connectivity index (χ0) is 21.0. The third-order valence-corrected chi connectivity index (χ3v) is 5.76. The Hall–Kier alpha value is -3.71. The van der Waals surface area contributed by atoms with Gasteiger partial charge in [0.05, 0.1) is 16.8 Å². The summed E-state index contributed by atoms with van der Waals surface area (Å²) in [5, 5.41) is 8.67. The Morgan fingerprint density at radius 1 is 0.900 bits per heavy atom. The zero-order valence-corrected chi connectivity index (χ0v) is 17.1. The Labute approximate surface area is 175 Å². The second-order valence-corrected chi connectivity index (χ2v) is 8.41. The molecule has 0 amide bonds. The van der Waals surface area contributed by atoms with E-state index >= 15 is 0 Å². The lowest BCUT2D eigenvalue weighted by atomic mass is 10.1. The number of hydrogen-bond donors (Lipinski definition) is 1. The molecule has 0 saturated heterocycles. The Balaban J connectivity index is 1.66. The second-order valence-electron chi connectivity index (χ2n) is 6.75. The van der Waals surface area contributed by atoms with Gasteiger partial charge in [-0.05, 0) is 31.2 Å². The van der Waals surface area contributed by atoms with Gasteiger partial charge in [-0.2, -0.15) is 18.6 Å². The molecule has 3 aromatic carbocycles. The van der Waals surface area contributed by atoms with E-state index in [4.69, 9.17) is 0 Å². The van der Waals surface area contributed by atoms with Crippen molar-refractivity contribution in [3.63, 3.8) is 0 Å². The summed E-state index contributed by atoms with van der Waals surface area (Å²) >= 11 is 0. The molecule has 6 nitrogen and oxygen atoms in total. The van der Waals surface area contributed by atoms with E-state index in [2.05, 4.69) is 15.0 Å². The molecule has 0 aliphatic rings. The molecule has 0 atom stereocenters. The van der Waals surface area contributed by atoms with E-state index in [1.165, 1.54) is 6.21 Å². The maximum absolute atomic E-state index is 12.5. The first kappa shape index (κ1) is 19.6. The quantitative estimate of drug-likeness (QED) is 0.379. The molecule has 150 valence electrons. The molecule has 7 heteroatoms. The van der Waals surface area contributed by atoms with Gasteiger partial charge in [0.1, 0.15) is 5.69 Å². The van der Waals surface area contributed by atoms with Crippen molar-refractivity contribution in [1.29, 1.82) is 0 Å². The van der Waals surface area contributed by atoms with Crippen molar-refractivity contribution < 1.29 is 8.42 Å². The van der Waals surface area contributed by atoms with Crippen LogP contribution in [0.4, 0.5) is 0 Å². The standard InChI is InChI=1S/C23H20N4O2S/c1-18-12-14-22(15-13-18)30(28,29)26-24-16-20-17-27(21-10-6-3-7-11-21)25-23(20)19-8-4-2-5-9-19/h2-17,26H,1H3/b24-16-. The number of sulfonamides is 1. The number of hydrogen-bond acceptors (Lipinski definition) is 4. The van der Waals surface area contributed by atoms with Crippen molar-refractivity contribution >= 4 is 16.2 Å². The van der Waals surface area contributed by atoms with Crippen molar-refractivity contribution in [1.82, 2.24) is 14.6 Å². The molecule has 1 heterocycles. The smallest absolute Gasteiger partial charge is 0.240 e. The van der Waals surface area contributed by atoms with Crippen LogP contribution in [0.2, 0.25) is 0 Å². The van der Waals surface area contributed by atoms with Crippen LogP contribution in [0.3, 0.4) is 0 Å². The van der Waals surface area contributed by atoms with E-state index in [-0.39, 0.29) is 4.90 Å². The molecule has 0 bridgehead atoms. The summed E-state index contributed by atoms with van der Waals surface area (Å²) in [6.07, 6.45) is 3.29. The van der Waals surface area contributed by atoms with Crippen LogP contribution in [0.5, 0.6) is 0 Å². The maximum atomic E-state index is 12.5. The zero-order valence-electron chi connectivity index (χ0n) is 16.3. The van der Waals surface area contributed by atoms with Crippen molar-refractivity contribution in [2.45, 2.75) is 11.8 Å². The molecule has 0 aliphatic heterocycles. The highest BCUT2D eigenvalue weighted by molar-refractivity contribution is 7.89. The van der Waals surface area contributed by atoms with Gasteiger partial charge in [-0.25, -0.2) is 9.51 Å². The van der Waals surface area contributed by atoms with Gasteiger partial charge < -0.3 is 0 Å². The number of rotatable bonds is 6. The minimum Gasteiger partial charge on any atom is -0.240 e. The Kier molecular flexibility index (Phi) is 5.45. The molecule has 0 saturated carbocycles. The van der Waals surface area contributed by atoms with Crippen LogP contribution in [0.15, 0.2) is 101 Å². The predicted molar refractivity (Wildman–Crippen MR) is 118 cm³/mol. The lowest BCUT2D eigenvalue weighted by molar-refractivity contribution is 0.584. The van der Waals surface area contributed by atoms with Gasteiger partial charge in [0, 0.05) is 17.3 Å². The molecule has 0 unspecified atom stereocenters. The summed E-state index contributed by atoms with van der Waals surface area (Å²) in [7, 11) is -3.75. The van der Waals surface area contributed by atoms with Gasteiger partial charge in [-0.1, -0.05) is 66.2 Å². The highest BCUT2D eigenvalue weighted by Crippen LogP contribution is 2.22. The fraction of sp³-hybridized carbons (Fsp3) is 0.0435. The third kappa shape index (κ3) is 4.31. The van der Waals surface area contributed by atoms with E-state index in [1.807, 2.05) is 73.8 Å².